The summed E-state index contributed by atoms with van der Waals surface area (Å²) in [6, 6.07) is 0. The van der Waals surface area contributed by atoms with Crippen LogP contribution in [-0.2, 0) is 4.79 Å². The predicted molar refractivity (Wildman–Crippen MR) is 72.6 cm³/mol. The van der Waals surface area contributed by atoms with Crippen LogP contribution in [0, 0.1) is 11.3 Å². The van der Waals surface area contributed by atoms with E-state index in [0.29, 0.717) is 0 Å². The van der Waals surface area contributed by atoms with Gasteiger partial charge in [-0.1, -0.05) is 32.6 Å². The summed E-state index contributed by atoms with van der Waals surface area (Å²) in [4.78, 5) is 14.1. The number of carboxylic acids is 1. The molecule has 3 heteroatoms. The maximum absolute atomic E-state index is 11.7. The van der Waals surface area contributed by atoms with Gasteiger partial charge in [-0.25, -0.2) is 0 Å². The van der Waals surface area contributed by atoms with Crippen molar-refractivity contribution in [1.29, 1.82) is 0 Å². The maximum Gasteiger partial charge on any atom is 0.310 e. The molecule has 0 bridgehead atoms. The molecule has 0 radical (unpaired) electrons. The molecule has 1 N–H and O–H groups in total. The normalized spacial score (nSPS) is 23.9. The van der Waals surface area contributed by atoms with Crippen molar-refractivity contribution < 1.29 is 9.90 Å². The summed E-state index contributed by atoms with van der Waals surface area (Å²) in [5.74, 6) is 0.272. The van der Waals surface area contributed by atoms with Gasteiger partial charge >= 0.3 is 5.97 Å². The topological polar surface area (TPSA) is 40.5 Å². The maximum atomic E-state index is 11.7. The third-order valence-electron chi connectivity index (χ3n) is 4.98. The quantitative estimate of drug-likeness (QED) is 0.790. The molecular weight excluding hydrogens is 226 g/mol. The molecule has 2 aliphatic rings. The van der Waals surface area contributed by atoms with Crippen molar-refractivity contribution in [1.82, 2.24) is 4.90 Å². The van der Waals surface area contributed by atoms with E-state index in [4.69, 9.17) is 0 Å². The minimum atomic E-state index is -0.561. The highest BCUT2D eigenvalue weighted by atomic mass is 16.4. The van der Waals surface area contributed by atoms with Gasteiger partial charge in [0.05, 0.1) is 5.41 Å². The van der Waals surface area contributed by atoms with Crippen LogP contribution in [0.1, 0.15) is 58.3 Å². The first kappa shape index (κ1) is 13.9. The lowest BCUT2D eigenvalue weighted by atomic mass is 9.73. The second-order valence-electron chi connectivity index (χ2n) is 6.27. The van der Waals surface area contributed by atoms with Crippen molar-refractivity contribution in [2.45, 2.75) is 58.3 Å². The molecule has 0 heterocycles. The highest BCUT2D eigenvalue weighted by Crippen LogP contribution is 2.38. The minimum Gasteiger partial charge on any atom is -0.481 e. The SMILES string of the molecule is CCN(CC1CCC1)CC1(C(=O)O)CCCCC1. The summed E-state index contributed by atoms with van der Waals surface area (Å²) in [5.41, 5.74) is -0.446. The van der Waals surface area contributed by atoms with E-state index >= 15 is 0 Å². The van der Waals surface area contributed by atoms with Gasteiger partial charge in [0.15, 0.2) is 0 Å². The molecule has 0 aromatic rings. The molecule has 2 fully saturated rings. The highest BCUT2D eigenvalue weighted by molar-refractivity contribution is 5.75. The molecular formula is C15H27NO2. The number of hydrogen-bond donors (Lipinski definition) is 1. The van der Waals surface area contributed by atoms with Crippen molar-refractivity contribution in [2.24, 2.45) is 11.3 Å². The van der Waals surface area contributed by atoms with E-state index in [2.05, 4.69) is 11.8 Å². The van der Waals surface area contributed by atoms with Gasteiger partial charge in [0.2, 0.25) is 0 Å². The largest absolute Gasteiger partial charge is 0.481 e. The van der Waals surface area contributed by atoms with Crippen LogP contribution in [0.3, 0.4) is 0 Å². The van der Waals surface area contributed by atoms with E-state index in [1.807, 2.05) is 0 Å². The van der Waals surface area contributed by atoms with E-state index in [-0.39, 0.29) is 0 Å². The van der Waals surface area contributed by atoms with Crippen molar-refractivity contribution in [3.8, 4) is 0 Å². The first-order valence-corrected chi connectivity index (χ1v) is 7.62. The Morgan fingerprint density at radius 2 is 1.89 bits per heavy atom. The van der Waals surface area contributed by atoms with E-state index < -0.39 is 11.4 Å². The second kappa shape index (κ2) is 6.05. The first-order valence-electron chi connectivity index (χ1n) is 7.62. The fraction of sp³-hybridized carbons (Fsp3) is 0.933. The van der Waals surface area contributed by atoms with Crippen LogP contribution in [0.25, 0.3) is 0 Å². The Labute approximate surface area is 111 Å². The van der Waals surface area contributed by atoms with Gasteiger partial charge < -0.3 is 10.0 Å². The molecule has 104 valence electrons. The zero-order chi connectivity index (χ0) is 13.0. The van der Waals surface area contributed by atoms with E-state index in [9.17, 15) is 9.90 Å². The van der Waals surface area contributed by atoms with Crippen LogP contribution in [0.4, 0.5) is 0 Å². The molecule has 0 aliphatic heterocycles. The molecule has 0 amide bonds. The minimum absolute atomic E-state index is 0.446. The predicted octanol–water partition coefficient (Wildman–Crippen LogP) is 3.14. The van der Waals surface area contributed by atoms with Gasteiger partial charge in [0.1, 0.15) is 0 Å². The average Bonchev–Trinajstić information content (AvgIpc) is 2.33. The van der Waals surface area contributed by atoms with Crippen molar-refractivity contribution in [3.05, 3.63) is 0 Å². The second-order valence-corrected chi connectivity index (χ2v) is 6.27. The lowest BCUT2D eigenvalue weighted by molar-refractivity contribution is -0.152. The summed E-state index contributed by atoms with van der Waals surface area (Å²) in [5, 5.41) is 9.61. The Bertz CT molecular complexity index is 280. The summed E-state index contributed by atoms with van der Waals surface area (Å²) in [6.45, 7) is 5.05. The molecule has 0 spiro atoms. The summed E-state index contributed by atoms with van der Waals surface area (Å²) >= 11 is 0. The van der Waals surface area contributed by atoms with Crippen molar-refractivity contribution in [3.63, 3.8) is 0 Å². The zero-order valence-corrected chi connectivity index (χ0v) is 11.7. The number of nitrogens with zero attached hydrogens (tertiary/aromatic N) is 1. The van der Waals surface area contributed by atoms with E-state index in [1.54, 1.807) is 0 Å². The van der Waals surface area contributed by atoms with E-state index in [1.165, 1.54) is 25.7 Å². The number of hydrogen-bond acceptors (Lipinski definition) is 2. The summed E-state index contributed by atoms with van der Waals surface area (Å²) in [6.07, 6.45) is 9.21. The van der Waals surface area contributed by atoms with Gasteiger partial charge in [0, 0.05) is 13.1 Å². The lowest BCUT2D eigenvalue weighted by Crippen LogP contribution is -2.46. The van der Waals surface area contributed by atoms with Gasteiger partial charge in [0.25, 0.3) is 0 Å². The number of aliphatic carboxylic acids is 1. The van der Waals surface area contributed by atoms with Crippen molar-refractivity contribution >= 4 is 5.97 Å². The zero-order valence-electron chi connectivity index (χ0n) is 11.7. The monoisotopic (exact) mass is 253 g/mol. The number of carbonyl (C=O) groups is 1. The van der Waals surface area contributed by atoms with Gasteiger partial charge in [-0.05, 0) is 38.1 Å². The molecule has 18 heavy (non-hydrogen) atoms. The fourth-order valence-corrected chi connectivity index (χ4v) is 3.44. The molecule has 0 aromatic carbocycles. The van der Waals surface area contributed by atoms with E-state index in [0.717, 1.165) is 51.2 Å². The van der Waals surface area contributed by atoms with Gasteiger partial charge in [-0.3, -0.25) is 4.79 Å². The van der Waals surface area contributed by atoms with Gasteiger partial charge in [-0.2, -0.15) is 0 Å². The Morgan fingerprint density at radius 3 is 2.33 bits per heavy atom. The fourth-order valence-electron chi connectivity index (χ4n) is 3.44. The molecule has 0 unspecified atom stereocenters. The van der Waals surface area contributed by atoms with Crippen LogP contribution in [0.5, 0.6) is 0 Å². The van der Waals surface area contributed by atoms with Crippen LogP contribution < -0.4 is 0 Å². The molecule has 0 atom stereocenters. The summed E-state index contributed by atoms with van der Waals surface area (Å²) in [7, 11) is 0. The molecule has 0 aromatic heterocycles. The van der Waals surface area contributed by atoms with Crippen LogP contribution in [0.15, 0.2) is 0 Å². The van der Waals surface area contributed by atoms with Crippen LogP contribution >= 0.6 is 0 Å². The Kier molecular flexibility index (Phi) is 4.66. The Balaban J connectivity index is 1.94. The molecule has 2 saturated carbocycles. The first-order chi connectivity index (χ1) is 8.66. The third kappa shape index (κ3) is 3.05. The van der Waals surface area contributed by atoms with Crippen LogP contribution in [-0.4, -0.2) is 35.6 Å². The number of rotatable bonds is 6. The standard InChI is InChI=1S/C15H27NO2/c1-2-16(11-13-7-6-8-13)12-15(14(17)18)9-4-3-5-10-15/h13H,2-12H2,1H3,(H,17,18). The number of carboxylic acid groups (broad SMARTS) is 1. The molecule has 2 aliphatic carbocycles. The lowest BCUT2D eigenvalue weighted by Gasteiger charge is -2.40. The molecule has 2 rings (SSSR count). The Hall–Kier alpha value is -0.570. The average molecular weight is 253 g/mol. The van der Waals surface area contributed by atoms with Gasteiger partial charge in [-0.15, -0.1) is 0 Å². The third-order valence-corrected chi connectivity index (χ3v) is 4.98. The highest BCUT2D eigenvalue weighted by Gasteiger charge is 2.41. The summed E-state index contributed by atoms with van der Waals surface area (Å²) < 4.78 is 0. The molecule has 3 nitrogen and oxygen atoms in total. The Morgan fingerprint density at radius 1 is 1.22 bits per heavy atom. The van der Waals surface area contributed by atoms with Crippen molar-refractivity contribution in [2.75, 3.05) is 19.6 Å². The molecule has 0 saturated heterocycles. The smallest absolute Gasteiger partial charge is 0.310 e. The van der Waals surface area contributed by atoms with Crippen LogP contribution in [0.2, 0.25) is 0 Å².